The Hall–Kier alpha value is -2.58. The van der Waals surface area contributed by atoms with Crippen LogP contribution in [0.5, 0.6) is 0 Å². The number of halogens is 1. The van der Waals surface area contributed by atoms with Crippen molar-refractivity contribution in [2.24, 2.45) is 0 Å². The summed E-state index contributed by atoms with van der Waals surface area (Å²) in [5, 5.41) is 2.78. The molecule has 1 N–H and O–H groups in total. The lowest BCUT2D eigenvalue weighted by molar-refractivity contribution is -0.120. The standard InChI is InChI=1S/C21H23FN4O2S/c22-16-5-7-17(8-6-16)23-21(28)25-11-9-24(10-12-25)15-20(27)26-13-14-29-19-4-2-1-3-18(19)26/h1-8H,9-15H2,(H,23,28). The SMILES string of the molecule is O=C(Nc1ccc(F)cc1)N1CCN(CC(=O)N2CCSc3ccccc32)CC1. The fourth-order valence-electron chi connectivity index (χ4n) is 3.55. The lowest BCUT2D eigenvalue weighted by Gasteiger charge is -2.36. The van der Waals surface area contributed by atoms with Crippen molar-refractivity contribution in [3.63, 3.8) is 0 Å². The van der Waals surface area contributed by atoms with E-state index in [2.05, 4.69) is 16.3 Å². The van der Waals surface area contributed by atoms with Crippen LogP contribution in [0, 0.1) is 5.82 Å². The fourth-order valence-corrected chi connectivity index (χ4v) is 4.54. The van der Waals surface area contributed by atoms with E-state index >= 15 is 0 Å². The molecule has 0 spiro atoms. The number of urea groups is 1. The second-order valence-electron chi connectivity index (χ2n) is 7.06. The zero-order valence-corrected chi connectivity index (χ0v) is 16.8. The Balaban J connectivity index is 1.28. The minimum Gasteiger partial charge on any atom is -0.322 e. The number of hydrogen-bond donors (Lipinski definition) is 1. The van der Waals surface area contributed by atoms with Gasteiger partial charge in [0.05, 0.1) is 12.2 Å². The molecule has 8 heteroatoms. The summed E-state index contributed by atoms with van der Waals surface area (Å²) in [7, 11) is 0. The molecule has 2 aliphatic heterocycles. The topological polar surface area (TPSA) is 55.9 Å². The van der Waals surface area contributed by atoms with Crippen molar-refractivity contribution in [3.05, 3.63) is 54.3 Å². The van der Waals surface area contributed by atoms with Crippen molar-refractivity contribution < 1.29 is 14.0 Å². The summed E-state index contributed by atoms with van der Waals surface area (Å²) in [6, 6.07) is 13.5. The Labute approximate surface area is 173 Å². The Bertz CT molecular complexity index is 885. The van der Waals surface area contributed by atoms with Gasteiger partial charge in [-0.25, -0.2) is 9.18 Å². The molecule has 4 rings (SSSR count). The van der Waals surface area contributed by atoms with Crippen LogP contribution in [0.15, 0.2) is 53.4 Å². The van der Waals surface area contributed by atoms with E-state index in [1.165, 1.54) is 24.3 Å². The lowest BCUT2D eigenvalue weighted by Crippen LogP contribution is -2.52. The highest BCUT2D eigenvalue weighted by atomic mass is 32.2. The molecule has 0 atom stereocenters. The molecule has 2 aromatic rings. The number of rotatable bonds is 3. The summed E-state index contributed by atoms with van der Waals surface area (Å²) >= 11 is 1.78. The molecule has 29 heavy (non-hydrogen) atoms. The number of hydrogen-bond acceptors (Lipinski definition) is 4. The maximum atomic E-state index is 13.0. The fraction of sp³-hybridized carbons (Fsp3) is 0.333. The van der Waals surface area contributed by atoms with Crippen LogP contribution in [0.3, 0.4) is 0 Å². The van der Waals surface area contributed by atoms with Crippen molar-refractivity contribution in [1.82, 2.24) is 9.80 Å². The second kappa shape index (κ2) is 8.84. The third-order valence-corrected chi connectivity index (χ3v) is 6.19. The first-order valence-corrected chi connectivity index (χ1v) is 10.6. The predicted octanol–water partition coefficient (Wildman–Crippen LogP) is 3.11. The zero-order valence-electron chi connectivity index (χ0n) is 16.0. The average Bonchev–Trinajstić information content (AvgIpc) is 2.75. The van der Waals surface area contributed by atoms with E-state index in [9.17, 15) is 14.0 Å². The third-order valence-electron chi connectivity index (χ3n) is 5.14. The van der Waals surface area contributed by atoms with Gasteiger partial charge in [-0.2, -0.15) is 0 Å². The van der Waals surface area contributed by atoms with Crippen molar-refractivity contribution >= 4 is 35.1 Å². The molecule has 0 radical (unpaired) electrons. The quantitative estimate of drug-likeness (QED) is 0.839. The molecule has 1 saturated heterocycles. The number of para-hydroxylation sites is 1. The number of carbonyl (C=O) groups excluding carboxylic acids is 2. The highest BCUT2D eigenvalue weighted by Crippen LogP contribution is 2.34. The molecule has 0 aromatic heterocycles. The van der Waals surface area contributed by atoms with Crippen molar-refractivity contribution in [3.8, 4) is 0 Å². The molecular formula is C21H23FN4O2S. The smallest absolute Gasteiger partial charge is 0.321 e. The summed E-state index contributed by atoms with van der Waals surface area (Å²) < 4.78 is 13.0. The van der Waals surface area contributed by atoms with Crippen molar-refractivity contribution in [1.29, 1.82) is 0 Å². The Morgan fingerprint density at radius 3 is 2.45 bits per heavy atom. The lowest BCUT2D eigenvalue weighted by atomic mass is 10.2. The van der Waals surface area contributed by atoms with E-state index in [0.717, 1.165) is 22.9 Å². The van der Waals surface area contributed by atoms with Gasteiger partial charge in [-0.1, -0.05) is 12.1 Å². The number of fused-ring (bicyclic) bond motifs is 1. The number of anilines is 2. The van der Waals surface area contributed by atoms with Crippen molar-refractivity contribution in [2.45, 2.75) is 4.90 Å². The average molecular weight is 415 g/mol. The molecule has 2 aliphatic rings. The van der Waals surface area contributed by atoms with Gasteiger partial charge in [0.2, 0.25) is 5.91 Å². The van der Waals surface area contributed by atoms with E-state index in [-0.39, 0.29) is 17.8 Å². The maximum absolute atomic E-state index is 13.0. The molecule has 0 bridgehead atoms. The van der Waals surface area contributed by atoms with Gasteiger partial charge in [0, 0.05) is 49.1 Å². The van der Waals surface area contributed by atoms with Crippen LogP contribution in [0.1, 0.15) is 0 Å². The highest BCUT2D eigenvalue weighted by molar-refractivity contribution is 7.99. The van der Waals surface area contributed by atoms with Gasteiger partial charge in [0.15, 0.2) is 0 Å². The summed E-state index contributed by atoms with van der Waals surface area (Å²) in [6.07, 6.45) is 0. The molecule has 0 aliphatic carbocycles. The van der Waals surface area contributed by atoms with Crippen LogP contribution in [0.2, 0.25) is 0 Å². The van der Waals surface area contributed by atoms with Crippen LogP contribution in [0.25, 0.3) is 0 Å². The minimum absolute atomic E-state index is 0.0990. The minimum atomic E-state index is -0.337. The monoisotopic (exact) mass is 414 g/mol. The van der Waals surface area contributed by atoms with Crippen LogP contribution in [-0.4, -0.2) is 66.8 Å². The van der Waals surface area contributed by atoms with Crippen molar-refractivity contribution in [2.75, 3.05) is 55.2 Å². The molecule has 0 unspecified atom stereocenters. The zero-order chi connectivity index (χ0) is 20.2. The van der Waals surface area contributed by atoms with E-state index in [0.29, 0.717) is 38.4 Å². The van der Waals surface area contributed by atoms with Gasteiger partial charge in [-0.15, -0.1) is 11.8 Å². The van der Waals surface area contributed by atoms with Gasteiger partial charge >= 0.3 is 6.03 Å². The summed E-state index contributed by atoms with van der Waals surface area (Å²) in [6.45, 7) is 3.46. The van der Waals surface area contributed by atoms with Gasteiger partial charge in [0.25, 0.3) is 0 Å². The molecule has 1 fully saturated rings. The molecular weight excluding hydrogens is 391 g/mol. The van der Waals surface area contributed by atoms with E-state index in [1.54, 1.807) is 16.7 Å². The van der Waals surface area contributed by atoms with Crippen LogP contribution >= 0.6 is 11.8 Å². The first kappa shape index (κ1) is 19.7. The Morgan fingerprint density at radius 2 is 1.69 bits per heavy atom. The molecule has 2 heterocycles. The third kappa shape index (κ3) is 4.71. The van der Waals surface area contributed by atoms with Gasteiger partial charge in [0.1, 0.15) is 5.82 Å². The maximum Gasteiger partial charge on any atom is 0.321 e. The van der Waals surface area contributed by atoms with Crippen LogP contribution in [-0.2, 0) is 4.79 Å². The highest BCUT2D eigenvalue weighted by Gasteiger charge is 2.27. The first-order valence-electron chi connectivity index (χ1n) is 9.66. The molecule has 152 valence electrons. The number of carbonyl (C=O) groups is 2. The number of benzene rings is 2. The summed E-state index contributed by atoms with van der Waals surface area (Å²) in [5.41, 5.74) is 1.56. The largest absolute Gasteiger partial charge is 0.322 e. The summed E-state index contributed by atoms with van der Waals surface area (Å²) in [4.78, 5) is 32.1. The molecule has 6 nitrogen and oxygen atoms in total. The van der Waals surface area contributed by atoms with Gasteiger partial charge in [-0.3, -0.25) is 9.69 Å². The van der Waals surface area contributed by atoms with Crippen LogP contribution in [0.4, 0.5) is 20.6 Å². The number of amides is 3. The number of piperazine rings is 1. The number of nitrogens with one attached hydrogen (secondary N) is 1. The summed E-state index contributed by atoms with van der Waals surface area (Å²) in [5.74, 6) is 0.665. The Morgan fingerprint density at radius 1 is 0.966 bits per heavy atom. The Kier molecular flexibility index (Phi) is 6.01. The van der Waals surface area contributed by atoms with Gasteiger partial charge < -0.3 is 15.1 Å². The predicted molar refractivity (Wildman–Crippen MR) is 113 cm³/mol. The molecule has 3 amide bonds. The second-order valence-corrected chi connectivity index (χ2v) is 8.20. The van der Waals surface area contributed by atoms with E-state index in [1.807, 2.05) is 23.1 Å². The van der Waals surface area contributed by atoms with Crippen LogP contribution < -0.4 is 10.2 Å². The normalized spacial score (nSPS) is 17.0. The first-order chi connectivity index (χ1) is 14.1. The number of thioether (sulfide) groups is 1. The van der Waals surface area contributed by atoms with Gasteiger partial charge in [-0.05, 0) is 36.4 Å². The van der Waals surface area contributed by atoms with E-state index in [4.69, 9.17) is 0 Å². The molecule has 0 saturated carbocycles. The molecule has 2 aromatic carbocycles. The van der Waals surface area contributed by atoms with E-state index < -0.39 is 0 Å². The number of nitrogens with zero attached hydrogens (tertiary/aromatic N) is 3.